The third-order valence-electron chi connectivity index (χ3n) is 2.79. The van der Waals surface area contributed by atoms with Crippen molar-refractivity contribution in [2.75, 3.05) is 19.6 Å². The van der Waals surface area contributed by atoms with E-state index >= 15 is 0 Å². The van der Waals surface area contributed by atoms with Gasteiger partial charge in [-0.2, -0.15) is 0 Å². The van der Waals surface area contributed by atoms with Crippen LogP contribution in [0.2, 0.25) is 0 Å². The Morgan fingerprint density at radius 2 is 2.07 bits per heavy atom. The highest BCUT2D eigenvalue weighted by Crippen LogP contribution is 2.09. The molecule has 79 valence electrons. The van der Waals surface area contributed by atoms with Gasteiger partial charge in [-0.3, -0.25) is 4.79 Å². The van der Waals surface area contributed by atoms with Crippen LogP contribution in [0.15, 0.2) is 30.3 Å². The molecule has 0 unspecified atom stereocenters. The molecule has 1 aliphatic rings. The second kappa shape index (κ2) is 5.08. The van der Waals surface area contributed by atoms with Crippen LogP contribution in [0.5, 0.6) is 0 Å². The minimum Gasteiger partial charge on any atom is -0.303 e. The average molecular weight is 202 g/mol. The predicted octanol–water partition coefficient (Wildman–Crippen LogP) is 2.17. The van der Waals surface area contributed by atoms with E-state index in [0.717, 1.165) is 25.2 Å². The molecule has 0 aromatic heterocycles. The van der Waals surface area contributed by atoms with Gasteiger partial charge in [0.05, 0.1) is 0 Å². The molecule has 0 bridgehead atoms. The Bertz CT molecular complexity index is 315. The highest BCUT2D eigenvalue weighted by atomic mass is 16.1. The summed E-state index contributed by atoms with van der Waals surface area (Å²) in [4.78, 5) is 14.1. The fraction of sp³-hybridized carbons (Fsp3) is 0.385. The molecule has 0 amide bonds. The quantitative estimate of drug-likeness (QED) is 0.697. The Morgan fingerprint density at radius 1 is 1.27 bits per heavy atom. The van der Waals surface area contributed by atoms with Crippen LogP contribution in [0.1, 0.15) is 23.2 Å². The first-order chi connectivity index (χ1) is 7.36. The van der Waals surface area contributed by atoms with Gasteiger partial charge in [0.2, 0.25) is 0 Å². The van der Waals surface area contributed by atoms with Crippen molar-refractivity contribution < 1.29 is 4.79 Å². The molecular weight excluding hydrogens is 186 g/mol. The first kappa shape index (κ1) is 10.4. The monoisotopic (exact) mass is 202 g/mol. The lowest BCUT2D eigenvalue weighted by Gasteiger charge is -2.13. The lowest BCUT2D eigenvalue weighted by Crippen LogP contribution is -2.22. The zero-order valence-electron chi connectivity index (χ0n) is 8.86. The number of carbonyl (C=O) groups excluding carboxylic acids is 1. The molecule has 0 atom stereocenters. The van der Waals surface area contributed by atoms with E-state index in [4.69, 9.17) is 0 Å². The highest BCUT2D eigenvalue weighted by molar-refractivity contribution is 5.96. The standard InChI is InChI=1S/C13H16NO/c15-13(12-6-2-1-3-7-12)8-11-14-9-4-5-10-14/h1-4,6-7H,5,8-11H2. The van der Waals surface area contributed by atoms with Crippen LogP contribution in [0, 0.1) is 6.42 Å². The predicted molar refractivity (Wildman–Crippen MR) is 60.7 cm³/mol. The molecule has 0 N–H and O–H groups in total. The molecule has 0 saturated carbocycles. The summed E-state index contributed by atoms with van der Waals surface area (Å²) >= 11 is 0. The van der Waals surface area contributed by atoms with Crippen LogP contribution in [0.4, 0.5) is 0 Å². The third-order valence-corrected chi connectivity index (χ3v) is 2.79. The van der Waals surface area contributed by atoms with E-state index < -0.39 is 0 Å². The molecule has 0 aliphatic carbocycles. The van der Waals surface area contributed by atoms with Crippen LogP contribution in [-0.4, -0.2) is 30.3 Å². The van der Waals surface area contributed by atoms with E-state index in [1.165, 1.54) is 6.42 Å². The van der Waals surface area contributed by atoms with Crippen LogP contribution in [-0.2, 0) is 0 Å². The third kappa shape index (κ3) is 2.90. The summed E-state index contributed by atoms with van der Waals surface area (Å²) in [6, 6.07) is 9.54. The van der Waals surface area contributed by atoms with Gasteiger partial charge in [-0.05, 0) is 19.4 Å². The largest absolute Gasteiger partial charge is 0.303 e. The van der Waals surface area contributed by atoms with Crippen molar-refractivity contribution in [2.45, 2.75) is 12.8 Å². The fourth-order valence-electron chi connectivity index (χ4n) is 1.87. The van der Waals surface area contributed by atoms with Crippen molar-refractivity contribution in [1.29, 1.82) is 0 Å². The lowest BCUT2D eigenvalue weighted by molar-refractivity contribution is 0.0969. The van der Waals surface area contributed by atoms with Crippen LogP contribution < -0.4 is 0 Å². The maximum atomic E-state index is 11.8. The van der Waals surface area contributed by atoms with E-state index in [-0.39, 0.29) is 5.78 Å². The zero-order chi connectivity index (χ0) is 10.5. The number of Topliss-reactive ketones (excluding diaryl/α,β-unsaturated/α-hetero) is 1. The van der Waals surface area contributed by atoms with E-state index in [9.17, 15) is 4.79 Å². The summed E-state index contributed by atoms with van der Waals surface area (Å²) in [6.45, 7) is 3.05. The molecule has 2 heteroatoms. The fourth-order valence-corrected chi connectivity index (χ4v) is 1.87. The van der Waals surface area contributed by atoms with Gasteiger partial charge in [0, 0.05) is 25.1 Å². The average Bonchev–Trinajstić information content (AvgIpc) is 2.80. The van der Waals surface area contributed by atoms with E-state index in [1.807, 2.05) is 30.3 Å². The van der Waals surface area contributed by atoms with Gasteiger partial charge in [-0.15, -0.1) is 0 Å². The van der Waals surface area contributed by atoms with Gasteiger partial charge in [0.15, 0.2) is 5.78 Å². The van der Waals surface area contributed by atoms with Gasteiger partial charge in [-0.25, -0.2) is 0 Å². The molecule has 1 aromatic rings. The molecule has 2 rings (SSSR count). The second-order valence-electron chi connectivity index (χ2n) is 3.92. The van der Waals surface area contributed by atoms with E-state index in [2.05, 4.69) is 11.3 Å². The van der Waals surface area contributed by atoms with Crippen molar-refractivity contribution >= 4 is 5.78 Å². The number of carbonyl (C=O) groups is 1. The topological polar surface area (TPSA) is 20.3 Å². The SMILES string of the molecule is O=C(CCN1C[CH]CC1)c1ccccc1. The van der Waals surface area contributed by atoms with Crippen LogP contribution in [0.25, 0.3) is 0 Å². The number of rotatable bonds is 4. The number of nitrogens with zero attached hydrogens (tertiary/aromatic N) is 1. The van der Waals surface area contributed by atoms with E-state index in [0.29, 0.717) is 6.42 Å². The Kier molecular flexibility index (Phi) is 3.51. The van der Waals surface area contributed by atoms with Gasteiger partial charge in [-0.1, -0.05) is 30.3 Å². The molecule has 1 saturated heterocycles. The van der Waals surface area contributed by atoms with E-state index in [1.54, 1.807) is 0 Å². The smallest absolute Gasteiger partial charge is 0.164 e. The first-order valence-corrected chi connectivity index (χ1v) is 5.48. The minimum absolute atomic E-state index is 0.252. The Balaban J connectivity index is 1.82. The number of ketones is 1. The van der Waals surface area contributed by atoms with Crippen LogP contribution >= 0.6 is 0 Å². The molecule has 1 fully saturated rings. The second-order valence-corrected chi connectivity index (χ2v) is 3.92. The minimum atomic E-state index is 0.252. The van der Waals surface area contributed by atoms with Gasteiger partial charge < -0.3 is 4.90 Å². The lowest BCUT2D eigenvalue weighted by atomic mass is 10.1. The van der Waals surface area contributed by atoms with Crippen molar-refractivity contribution in [1.82, 2.24) is 4.90 Å². The molecule has 1 radical (unpaired) electrons. The van der Waals surface area contributed by atoms with Crippen molar-refractivity contribution in [3.05, 3.63) is 42.3 Å². The van der Waals surface area contributed by atoms with Crippen LogP contribution in [0.3, 0.4) is 0 Å². The molecule has 0 spiro atoms. The molecule has 1 heterocycles. The number of hydrogen-bond acceptors (Lipinski definition) is 2. The Hall–Kier alpha value is -1.15. The number of hydrogen-bond donors (Lipinski definition) is 0. The van der Waals surface area contributed by atoms with Crippen molar-refractivity contribution in [3.63, 3.8) is 0 Å². The maximum Gasteiger partial charge on any atom is 0.164 e. The summed E-state index contributed by atoms with van der Waals surface area (Å²) in [7, 11) is 0. The number of benzene rings is 1. The molecule has 2 nitrogen and oxygen atoms in total. The summed E-state index contributed by atoms with van der Waals surface area (Å²) in [5.41, 5.74) is 0.834. The van der Waals surface area contributed by atoms with Crippen molar-refractivity contribution in [3.8, 4) is 0 Å². The van der Waals surface area contributed by atoms with Gasteiger partial charge in [0.25, 0.3) is 0 Å². The first-order valence-electron chi connectivity index (χ1n) is 5.48. The maximum absolute atomic E-state index is 11.8. The summed E-state index contributed by atoms with van der Waals surface area (Å²) in [6.07, 6.45) is 4.07. The highest BCUT2D eigenvalue weighted by Gasteiger charge is 2.13. The summed E-state index contributed by atoms with van der Waals surface area (Å²) in [5, 5.41) is 0. The Morgan fingerprint density at radius 3 is 2.73 bits per heavy atom. The normalized spacial score (nSPS) is 16.8. The molecule has 1 aliphatic heterocycles. The molecule has 1 aromatic carbocycles. The van der Waals surface area contributed by atoms with Crippen molar-refractivity contribution in [2.24, 2.45) is 0 Å². The summed E-state index contributed by atoms with van der Waals surface area (Å²) in [5.74, 6) is 0.252. The summed E-state index contributed by atoms with van der Waals surface area (Å²) < 4.78 is 0. The Labute approximate surface area is 90.9 Å². The number of likely N-dealkylation sites (tertiary alicyclic amines) is 1. The van der Waals surface area contributed by atoms with Gasteiger partial charge >= 0.3 is 0 Å². The molecule has 15 heavy (non-hydrogen) atoms. The van der Waals surface area contributed by atoms with Gasteiger partial charge in [0.1, 0.15) is 0 Å². The molecular formula is C13H16NO. The zero-order valence-corrected chi connectivity index (χ0v) is 8.86.